The Labute approximate surface area is 169 Å². The van der Waals surface area contributed by atoms with E-state index in [-0.39, 0.29) is 11.8 Å². The van der Waals surface area contributed by atoms with Crippen LogP contribution in [0, 0.1) is 17.8 Å². The highest BCUT2D eigenvalue weighted by Gasteiger charge is 2.41. The molecule has 0 radical (unpaired) electrons. The molecule has 2 amide bonds. The van der Waals surface area contributed by atoms with Crippen LogP contribution in [0.4, 0.5) is 0 Å². The SMILES string of the molecule is CC1CCN(C(=O)C2CCCN(C(=O)Cc3ccccc3)C2)C2CCCCC12. The minimum absolute atomic E-state index is 0.00976. The highest BCUT2D eigenvalue weighted by atomic mass is 16.2. The van der Waals surface area contributed by atoms with E-state index in [0.717, 1.165) is 43.8 Å². The third-order valence-electron chi connectivity index (χ3n) is 7.34. The van der Waals surface area contributed by atoms with Crippen molar-refractivity contribution in [2.24, 2.45) is 17.8 Å². The predicted octanol–water partition coefficient (Wildman–Crippen LogP) is 3.89. The van der Waals surface area contributed by atoms with Crippen molar-refractivity contribution in [2.45, 2.75) is 64.3 Å². The van der Waals surface area contributed by atoms with E-state index < -0.39 is 0 Å². The van der Waals surface area contributed by atoms with E-state index >= 15 is 0 Å². The largest absolute Gasteiger partial charge is 0.342 e. The minimum Gasteiger partial charge on any atom is -0.342 e. The summed E-state index contributed by atoms with van der Waals surface area (Å²) in [4.78, 5) is 30.4. The lowest BCUT2D eigenvalue weighted by Crippen LogP contribution is -2.56. The predicted molar refractivity (Wildman–Crippen MR) is 111 cm³/mol. The normalized spacial score (nSPS) is 30.6. The fourth-order valence-corrected chi connectivity index (χ4v) is 5.71. The zero-order valence-corrected chi connectivity index (χ0v) is 17.2. The highest BCUT2D eigenvalue weighted by Crippen LogP contribution is 2.39. The van der Waals surface area contributed by atoms with Crippen LogP contribution >= 0.6 is 0 Å². The molecular weight excluding hydrogens is 348 g/mol. The smallest absolute Gasteiger partial charge is 0.227 e. The molecule has 1 saturated carbocycles. The summed E-state index contributed by atoms with van der Waals surface area (Å²) in [6.07, 6.45) is 8.46. The summed E-state index contributed by atoms with van der Waals surface area (Å²) in [5.41, 5.74) is 1.05. The molecule has 2 heterocycles. The van der Waals surface area contributed by atoms with Crippen LogP contribution in [0.5, 0.6) is 0 Å². The third-order valence-corrected chi connectivity index (χ3v) is 7.34. The second-order valence-electron chi connectivity index (χ2n) is 9.15. The van der Waals surface area contributed by atoms with Crippen molar-refractivity contribution in [2.75, 3.05) is 19.6 Å². The van der Waals surface area contributed by atoms with E-state index in [2.05, 4.69) is 11.8 Å². The van der Waals surface area contributed by atoms with Gasteiger partial charge in [0.05, 0.1) is 12.3 Å². The summed E-state index contributed by atoms with van der Waals surface area (Å²) in [5, 5.41) is 0. The molecule has 0 spiro atoms. The number of carbonyl (C=O) groups excluding carboxylic acids is 2. The zero-order chi connectivity index (χ0) is 19.5. The van der Waals surface area contributed by atoms with Gasteiger partial charge in [0, 0.05) is 25.7 Å². The fraction of sp³-hybridized carbons (Fsp3) is 0.667. The second kappa shape index (κ2) is 8.67. The number of amides is 2. The topological polar surface area (TPSA) is 40.6 Å². The van der Waals surface area contributed by atoms with Crippen LogP contribution in [-0.4, -0.2) is 47.3 Å². The number of benzene rings is 1. The fourth-order valence-electron chi connectivity index (χ4n) is 5.71. The van der Waals surface area contributed by atoms with Gasteiger partial charge < -0.3 is 9.80 Å². The molecule has 3 fully saturated rings. The average molecular weight is 383 g/mol. The van der Waals surface area contributed by atoms with Gasteiger partial charge in [-0.25, -0.2) is 0 Å². The van der Waals surface area contributed by atoms with Gasteiger partial charge in [-0.3, -0.25) is 9.59 Å². The third kappa shape index (κ3) is 4.11. The molecular formula is C24H34N2O2. The standard InChI is InChI=1S/C24H34N2O2/c1-18-13-15-26(22-12-6-5-11-21(18)22)24(28)20-10-7-14-25(17-20)23(27)16-19-8-3-2-4-9-19/h2-4,8-9,18,20-22H,5-7,10-17H2,1H3. The molecule has 4 atom stereocenters. The van der Waals surface area contributed by atoms with Gasteiger partial charge >= 0.3 is 0 Å². The van der Waals surface area contributed by atoms with E-state index in [1.807, 2.05) is 35.2 Å². The molecule has 1 aliphatic carbocycles. The van der Waals surface area contributed by atoms with E-state index in [0.29, 0.717) is 30.8 Å². The van der Waals surface area contributed by atoms with Gasteiger partial charge in [0.2, 0.25) is 11.8 Å². The van der Waals surface area contributed by atoms with Gasteiger partial charge in [0.25, 0.3) is 0 Å². The van der Waals surface area contributed by atoms with Crippen molar-refractivity contribution in [3.05, 3.63) is 35.9 Å². The lowest BCUT2D eigenvalue weighted by molar-refractivity contribution is -0.147. The Morgan fingerprint density at radius 1 is 0.964 bits per heavy atom. The lowest BCUT2D eigenvalue weighted by atomic mass is 9.72. The van der Waals surface area contributed by atoms with Gasteiger partial charge in [-0.05, 0) is 49.5 Å². The molecule has 3 aliphatic rings. The number of rotatable bonds is 3. The first-order chi connectivity index (χ1) is 13.6. The van der Waals surface area contributed by atoms with Crippen molar-refractivity contribution >= 4 is 11.8 Å². The summed E-state index contributed by atoms with van der Waals surface area (Å²) in [6.45, 7) is 4.68. The molecule has 0 bridgehead atoms. The Morgan fingerprint density at radius 3 is 2.57 bits per heavy atom. The number of likely N-dealkylation sites (tertiary alicyclic amines) is 2. The van der Waals surface area contributed by atoms with Crippen LogP contribution in [-0.2, 0) is 16.0 Å². The Hall–Kier alpha value is -1.84. The van der Waals surface area contributed by atoms with Gasteiger partial charge in [-0.15, -0.1) is 0 Å². The first-order valence-electron chi connectivity index (χ1n) is 11.3. The average Bonchev–Trinajstić information content (AvgIpc) is 2.74. The first kappa shape index (κ1) is 19.5. The molecule has 4 heteroatoms. The molecule has 0 N–H and O–H groups in total. The van der Waals surface area contributed by atoms with E-state index in [4.69, 9.17) is 0 Å². The zero-order valence-electron chi connectivity index (χ0n) is 17.2. The summed E-state index contributed by atoms with van der Waals surface area (Å²) in [5.74, 6) is 1.90. The maximum Gasteiger partial charge on any atom is 0.227 e. The summed E-state index contributed by atoms with van der Waals surface area (Å²) in [7, 11) is 0. The Balaban J connectivity index is 1.39. The molecule has 1 aromatic rings. The molecule has 4 nitrogen and oxygen atoms in total. The number of hydrogen-bond donors (Lipinski definition) is 0. The van der Waals surface area contributed by atoms with Crippen LogP contribution in [0.15, 0.2) is 30.3 Å². The molecule has 4 rings (SSSR count). The first-order valence-corrected chi connectivity index (χ1v) is 11.3. The summed E-state index contributed by atoms with van der Waals surface area (Å²) < 4.78 is 0. The Bertz CT molecular complexity index is 689. The second-order valence-corrected chi connectivity index (χ2v) is 9.15. The Morgan fingerprint density at radius 2 is 1.75 bits per heavy atom. The minimum atomic E-state index is -0.00976. The lowest BCUT2D eigenvalue weighted by Gasteiger charge is -2.48. The van der Waals surface area contributed by atoms with Crippen molar-refractivity contribution in [1.82, 2.24) is 9.80 Å². The van der Waals surface area contributed by atoms with Crippen LogP contribution in [0.1, 0.15) is 57.4 Å². The van der Waals surface area contributed by atoms with Crippen LogP contribution in [0.2, 0.25) is 0 Å². The van der Waals surface area contributed by atoms with Crippen LogP contribution in [0.3, 0.4) is 0 Å². The van der Waals surface area contributed by atoms with Crippen LogP contribution in [0.25, 0.3) is 0 Å². The van der Waals surface area contributed by atoms with Gasteiger partial charge in [-0.1, -0.05) is 50.1 Å². The van der Waals surface area contributed by atoms with Gasteiger partial charge in [0.15, 0.2) is 0 Å². The molecule has 4 unspecified atom stereocenters. The number of piperidine rings is 2. The summed E-state index contributed by atoms with van der Waals surface area (Å²) >= 11 is 0. The summed E-state index contributed by atoms with van der Waals surface area (Å²) in [6, 6.07) is 10.4. The monoisotopic (exact) mass is 382 g/mol. The number of hydrogen-bond acceptors (Lipinski definition) is 2. The molecule has 152 valence electrons. The Kier molecular flexibility index (Phi) is 6.03. The van der Waals surface area contributed by atoms with Crippen molar-refractivity contribution in [3.8, 4) is 0 Å². The maximum absolute atomic E-state index is 13.4. The van der Waals surface area contributed by atoms with E-state index in [1.165, 1.54) is 25.7 Å². The van der Waals surface area contributed by atoms with Crippen molar-refractivity contribution < 1.29 is 9.59 Å². The molecule has 1 aromatic carbocycles. The van der Waals surface area contributed by atoms with Crippen molar-refractivity contribution in [1.29, 1.82) is 0 Å². The molecule has 2 aliphatic heterocycles. The maximum atomic E-state index is 13.4. The van der Waals surface area contributed by atoms with Crippen molar-refractivity contribution in [3.63, 3.8) is 0 Å². The number of nitrogens with zero attached hydrogens (tertiary/aromatic N) is 2. The van der Waals surface area contributed by atoms with Crippen LogP contribution < -0.4 is 0 Å². The quantitative estimate of drug-likeness (QED) is 0.796. The van der Waals surface area contributed by atoms with E-state index in [9.17, 15) is 9.59 Å². The number of carbonyl (C=O) groups is 2. The molecule has 2 saturated heterocycles. The highest BCUT2D eigenvalue weighted by molar-refractivity contribution is 5.82. The molecule has 28 heavy (non-hydrogen) atoms. The van der Waals surface area contributed by atoms with Gasteiger partial charge in [-0.2, -0.15) is 0 Å². The van der Waals surface area contributed by atoms with Gasteiger partial charge in [0.1, 0.15) is 0 Å². The van der Waals surface area contributed by atoms with E-state index in [1.54, 1.807) is 0 Å². The molecule has 0 aromatic heterocycles. The number of fused-ring (bicyclic) bond motifs is 1.